The van der Waals surface area contributed by atoms with E-state index in [1.807, 2.05) is 29.2 Å². The highest BCUT2D eigenvalue weighted by Crippen LogP contribution is 2.31. The van der Waals surface area contributed by atoms with Crippen molar-refractivity contribution in [2.45, 2.75) is 37.9 Å². The molecule has 0 aromatic heterocycles. The second-order valence-corrected chi connectivity index (χ2v) is 6.49. The Morgan fingerprint density at radius 2 is 1.75 bits per heavy atom. The molecule has 0 saturated carbocycles. The number of benzene rings is 1. The molecule has 1 fully saturated rings. The standard InChI is InChI=1S/C16H23NO2S/c1-13(14-7-9-15(19-2)10-8-14)20-16(18)17-11-5-3-4-6-12-17/h7-10,13H,3-6,11-12H2,1-2H3. The van der Waals surface area contributed by atoms with Gasteiger partial charge in [-0.15, -0.1) is 0 Å². The summed E-state index contributed by atoms with van der Waals surface area (Å²) >= 11 is 1.43. The van der Waals surface area contributed by atoms with Crippen LogP contribution in [0.5, 0.6) is 5.75 Å². The highest BCUT2D eigenvalue weighted by Gasteiger charge is 2.19. The first kappa shape index (κ1) is 15.2. The lowest BCUT2D eigenvalue weighted by atomic mass is 10.2. The predicted octanol–water partition coefficient (Wildman–Crippen LogP) is 4.49. The van der Waals surface area contributed by atoms with Crippen molar-refractivity contribution in [2.75, 3.05) is 20.2 Å². The summed E-state index contributed by atoms with van der Waals surface area (Å²) in [5.74, 6) is 0.852. The van der Waals surface area contributed by atoms with E-state index in [2.05, 4.69) is 6.92 Å². The van der Waals surface area contributed by atoms with Gasteiger partial charge >= 0.3 is 0 Å². The fourth-order valence-electron chi connectivity index (χ4n) is 2.42. The SMILES string of the molecule is COc1ccc(C(C)SC(=O)N2CCCCCC2)cc1. The number of nitrogens with zero attached hydrogens (tertiary/aromatic N) is 1. The molecule has 0 N–H and O–H groups in total. The Morgan fingerprint density at radius 1 is 1.15 bits per heavy atom. The third-order valence-electron chi connectivity index (χ3n) is 3.73. The Labute approximate surface area is 125 Å². The Morgan fingerprint density at radius 3 is 2.30 bits per heavy atom. The maximum absolute atomic E-state index is 12.3. The third kappa shape index (κ3) is 4.17. The Kier molecular flexibility index (Phi) is 5.77. The van der Waals surface area contributed by atoms with Crippen LogP contribution in [0, 0.1) is 0 Å². The molecule has 2 rings (SSSR count). The van der Waals surface area contributed by atoms with Gasteiger partial charge in [-0.25, -0.2) is 0 Å². The lowest BCUT2D eigenvalue weighted by Gasteiger charge is -2.21. The second-order valence-electron chi connectivity index (χ2n) is 5.20. The normalized spacial score (nSPS) is 17.4. The number of likely N-dealkylation sites (tertiary alicyclic amines) is 1. The number of hydrogen-bond acceptors (Lipinski definition) is 3. The van der Waals surface area contributed by atoms with Crippen LogP contribution in [0.25, 0.3) is 0 Å². The fraction of sp³-hybridized carbons (Fsp3) is 0.562. The minimum absolute atomic E-state index is 0.177. The molecule has 0 aliphatic carbocycles. The zero-order valence-corrected chi connectivity index (χ0v) is 13.1. The zero-order valence-electron chi connectivity index (χ0n) is 12.3. The number of carbonyl (C=O) groups excluding carboxylic acids is 1. The number of ether oxygens (including phenoxy) is 1. The molecule has 4 heteroatoms. The molecule has 1 saturated heterocycles. The molecule has 3 nitrogen and oxygen atoms in total. The summed E-state index contributed by atoms with van der Waals surface area (Å²) in [6.45, 7) is 3.92. The van der Waals surface area contributed by atoms with Crippen molar-refractivity contribution in [3.63, 3.8) is 0 Å². The summed E-state index contributed by atoms with van der Waals surface area (Å²) < 4.78 is 5.16. The van der Waals surface area contributed by atoms with Gasteiger partial charge in [-0.1, -0.05) is 36.7 Å². The average Bonchev–Trinajstić information content (AvgIpc) is 2.76. The van der Waals surface area contributed by atoms with Crippen LogP contribution in [0.3, 0.4) is 0 Å². The maximum Gasteiger partial charge on any atom is 0.282 e. The van der Waals surface area contributed by atoms with Crippen molar-refractivity contribution < 1.29 is 9.53 Å². The minimum Gasteiger partial charge on any atom is -0.497 e. The van der Waals surface area contributed by atoms with E-state index in [1.165, 1.54) is 30.2 Å². The van der Waals surface area contributed by atoms with Crippen molar-refractivity contribution in [3.05, 3.63) is 29.8 Å². The van der Waals surface area contributed by atoms with Crippen LogP contribution in [-0.4, -0.2) is 30.3 Å². The van der Waals surface area contributed by atoms with Crippen LogP contribution < -0.4 is 4.74 Å². The van der Waals surface area contributed by atoms with E-state index >= 15 is 0 Å². The highest BCUT2D eigenvalue weighted by atomic mass is 32.2. The van der Waals surface area contributed by atoms with Gasteiger partial charge in [-0.3, -0.25) is 4.79 Å². The molecule has 1 amide bonds. The number of methoxy groups -OCH3 is 1. The van der Waals surface area contributed by atoms with Crippen molar-refractivity contribution in [1.82, 2.24) is 4.90 Å². The van der Waals surface area contributed by atoms with Gasteiger partial charge in [0.1, 0.15) is 5.75 Å². The Hall–Kier alpha value is -1.16. The van der Waals surface area contributed by atoms with Crippen molar-refractivity contribution in [2.24, 2.45) is 0 Å². The highest BCUT2D eigenvalue weighted by molar-refractivity contribution is 8.13. The minimum atomic E-state index is 0.177. The summed E-state index contributed by atoms with van der Waals surface area (Å²) in [6, 6.07) is 7.96. The van der Waals surface area contributed by atoms with E-state index in [4.69, 9.17) is 4.74 Å². The van der Waals surface area contributed by atoms with Crippen LogP contribution >= 0.6 is 11.8 Å². The molecule has 1 aromatic rings. The molecule has 110 valence electrons. The third-order valence-corrected chi connectivity index (χ3v) is 4.81. The molecule has 1 heterocycles. The molecule has 0 spiro atoms. The number of rotatable bonds is 3. The average molecular weight is 293 g/mol. The van der Waals surface area contributed by atoms with Crippen molar-refractivity contribution in [1.29, 1.82) is 0 Å². The summed E-state index contributed by atoms with van der Waals surface area (Å²) in [5.41, 5.74) is 1.17. The van der Waals surface area contributed by atoms with Gasteiger partial charge in [0.15, 0.2) is 0 Å². The summed E-state index contributed by atoms with van der Waals surface area (Å²) in [6.07, 6.45) is 4.79. The number of carbonyl (C=O) groups is 1. The molecular weight excluding hydrogens is 270 g/mol. The largest absolute Gasteiger partial charge is 0.497 e. The Bertz CT molecular complexity index is 425. The summed E-state index contributed by atoms with van der Waals surface area (Å²) in [5, 5.41) is 0.395. The molecule has 1 unspecified atom stereocenters. The fourth-order valence-corrected chi connectivity index (χ4v) is 3.35. The molecule has 0 bridgehead atoms. The van der Waals surface area contributed by atoms with Gasteiger partial charge < -0.3 is 9.64 Å². The molecule has 20 heavy (non-hydrogen) atoms. The zero-order chi connectivity index (χ0) is 14.4. The lowest BCUT2D eigenvalue weighted by molar-refractivity contribution is 0.225. The van der Waals surface area contributed by atoms with Crippen LogP contribution in [0.2, 0.25) is 0 Å². The quantitative estimate of drug-likeness (QED) is 0.822. The van der Waals surface area contributed by atoms with Crippen molar-refractivity contribution in [3.8, 4) is 5.75 Å². The molecule has 1 aromatic carbocycles. The molecule has 1 aliphatic heterocycles. The molecule has 0 radical (unpaired) electrons. The van der Waals surface area contributed by atoms with E-state index in [-0.39, 0.29) is 10.5 Å². The first-order chi connectivity index (χ1) is 9.70. The predicted molar refractivity (Wildman–Crippen MR) is 84.4 cm³/mol. The van der Waals surface area contributed by atoms with Crippen LogP contribution in [0.1, 0.15) is 43.4 Å². The summed E-state index contributed by atoms with van der Waals surface area (Å²) in [4.78, 5) is 14.3. The number of thioether (sulfide) groups is 1. The first-order valence-electron chi connectivity index (χ1n) is 7.30. The number of amides is 1. The van der Waals surface area contributed by atoms with Gasteiger partial charge in [0.25, 0.3) is 5.24 Å². The Balaban J connectivity index is 1.91. The second kappa shape index (κ2) is 7.58. The van der Waals surface area contributed by atoms with E-state index in [9.17, 15) is 4.79 Å². The lowest BCUT2D eigenvalue weighted by Crippen LogP contribution is -2.28. The molecule has 1 aliphatic rings. The van der Waals surface area contributed by atoms with Gasteiger partial charge in [0.05, 0.1) is 7.11 Å². The smallest absolute Gasteiger partial charge is 0.282 e. The van der Waals surface area contributed by atoms with Crippen LogP contribution in [-0.2, 0) is 0 Å². The van der Waals surface area contributed by atoms with Crippen LogP contribution in [0.15, 0.2) is 24.3 Å². The van der Waals surface area contributed by atoms with E-state index in [1.54, 1.807) is 7.11 Å². The topological polar surface area (TPSA) is 29.5 Å². The molecule has 1 atom stereocenters. The number of hydrogen-bond donors (Lipinski definition) is 0. The van der Waals surface area contributed by atoms with Gasteiger partial charge in [-0.2, -0.15) is 0 Å². The van der Waals surface area contributed by atoms with Gasteiger partial charge in [0, 0.05) is 18.3 Å². The van der Waals surface area contributed by atoms with Gasteiger partial charge in [-0.05, 0) is 37.5 Å². The summed E-state index contributed by atoms with van der Waals surface area (Å²) in [7, 11) is 1.66. The van der Waals surface area contributed by atoms with E-state index in [0.717, 1.165) is 31.7 Å². The van der Waals surface area contributed by atoms with Gasteiger partial charge in [0.2, 0.25) is 0 Å². The first-order valence-corrected chi connectivity index (χ1v) is 8.18. The molecular formula is C16H23NO2S. The van der Waals surface area contributed by atoms with Crippen molar-refractivity contribution >= 4 is 17.0 Å². The van der Waals surface area contributed by atoms with Crippen LogP contribution in [0.4, 0.5) is 4.79 Å². The van der Waals surface area contributed by atoms with E-state index < -0.39 is 0 Å². The monoisotopic (exact) mass is 293 g/mol. The maximum atomic E-state index is 12.3. The van der Waals surface area contributed by atoms with E-state index in [0.29, 0.717) is 0 Å².